The van der Waals surface area contributed by atoms with Gasteiger partial charge in [-0.3, -0.25) is 0 Å². The Bertz CT molecular complexity index is 403. The lowest BCUT2D eigenvalue weighted by molar-refractivity contribution is 0.131. The van der Waals surface area contributed by atoms with Crippen molar-refractivity contribution in [1.29, 1.82) is 0 Å². The number of methoxy groups -OCH3 is 1. The van der Waals surface area contributed by atoms with E-state index in [9.17, 15) is 4.79 Å². The fraction of sp³-hybridized carbons (Fsp3) is 0.545. The molecule has 1 aliphatic heterocycles. The molecule has 1 amide bonds. The zero-order valence-electron chi connectivity index (χ0n) is 9.67. The second-order valence-corrected chi connectivity index (χ2v) is 4.03. The summed E-state index contributed by atoms with van der Waals surface area (Å²) in [7, 11) is 1.57. The van der Waals surface area contributed by atoms with E-state index >= 15 is 0 Å². The summed E-state index contributed by atoms with van der Waals surface area (Å²) >= 11 is 0. The molecule has 2 heterocycles. The van der Waals surface area contributed by atoms with Crippen molar-refractivity contribution in [3.05, 3.63) is 18.1 Å². The Kier molecular flexibility index (Phi) is 3.41. The molecule has 2 rings (SSSR count). The van der Waals surface area contributed by atoms with E-state index in [2.05, 4.69) is 9.97 Å². The summed E-state index contributed by atoms with van der Waals surface area (Å²) in [4.78, 5) is 20.4. The number of hydrogen-bond acceptors (Lipinski definition) is 4. The number of ether oxygens (including phenoxy) is 1. The highest BCUT2D eigenvalue weighted by molar-refractivity contribution is 5.65. The van der Waals surface area contributed by atoms with Gasteiger partial charge in [-0.1, -0.05) is 0 Å². The zero-order chi connectivity index (χ0) is 12.3. The Hall–Kier alpha value is -1.85. The van der Waals surface area contributed by atoms with Gasteiger partial charge in [0.15, 0.2) is 0 Å². The van der Waals surface area contributed by atoms with Crippen molar-refractivity contribution in [3.8, 4) is 5.88 Å². The second kappa shape index (κ2) is 4.99. The summed E-state index contributed by atoms with van der Waals surface area (Å²) in [5.41, 5.74) is 0.932. The maximum atomic E-state index is 10.8. The fourth-order valence-electron chi connectivity index (χ4n) is 2.05. The van der Waals surface area contributed by atoms with Crippen molar-refractivity contribution < 1.29 is 14.6 Å². The molecule has 1 N–H and O–H groups in total. The number of rotatable bonds is 2. The Labute approximate surface area is 99.2 Å². The molecule has 1 aliphatic rings. The molecule has 0 radical (unpaired) electrons. The Balaban J connectivity index is 2.02. The van der Waals surface area contributed by atoms with Crippen LogP contribution >= 0.6 is 0 Å². The molecule has 0 spiro atoms. The van der Waals surface area contributed by atoms with Crippen LogP contribution in [0.3, 0.4) is 0 Å². The quantitative estimate of drug-likeness (QED) is 0.840. The molecule has 17 heavy (non-hydrogen) atoms. The SMILES string of the molecule is COc1cc(C2CCN(C(=O)O)CC2)ncn1. The van der Waals surface area contributed by atoms with Crippen LogP contribution in [0.15, 0.2) is 12.4 Å². The highest BCUT2D eigenvalue weighted by Crippen LogP contribution is 2.27. The van der Waals surface area contributed by atoms with Crippen molar-refractivity contribution >= 4 is 6.09 Å². The predicted molar refractivity (Wildman–Crippen MR) is 60.2 cm³/mol. The lowest BCUT2D eigenvalue weighted by Gasteiger charge is -2.29. The molecule has 6 nitrogen and oxygen atoms in total. The van der Waals surface area contributed by atoms with Gasteiger partial charge in [0.05, 0.1) is 12.8 Å². The van der Waals surface area contributed by atoms with Gasteiger partial charge in [0, 0.05) is 25.1 Å². The summed E-state index contributed by atoms with van der Waals surface area (Å²) in [6.45, 7) is 1.12. The van der Waals surface area contributed by atoms with Crippen LogP contribution in [-0.2, 0) is 0 Å². The van der Waals surface area contributed by atoms with Crippen molar-refractivity contribution in [2.45, 2.75) is 18.8 Å². The van der Waals surface area contributed by atoms with Gasteiger partial charge >= 0.3 is 6.09 Å². The number of aromatic nitrogens is 2. The number of hydrogen-bond donors (Lipinski definition) is 1. The van der Waals surface area contributed by atoms with Crippen molar-refractivity contribution in [2.75, 3.05) is 20.2 Å². The van der Waals surface area contributed by atoms with Gasteiger partial charge < -0.3 is 14.7 Å². The standard InChI is InChI=1S/C11H15N3O3/c1-17-10-6-9(12-7-13-10)8-2-4-14(5-3-8)11(15)16/h6-8H,2-5H2,1H3,(H,15,16). The van der Waals surface area contributed by atoms with E-state index in [-0.39, 0.29) is 0 Å². The van der Waals surface area contributed by atoms with Gasteiger partial charge in [0.2, 0.25) is 5.88 Å². The molecule has 1 saturated heterocycles. The van der Waals surface area contributed by atoms with Crippen LogP contribution in [0.25, 0.3) is 0 Å². The molecule has 0 aromatic carbocycles. The van der Waals surface area contributed by atoms with Gasteiger partial charge in [0.25, 0.3) is 0 Å². The smallest absolute Gasteiger partial charge is 0.407 e. The first kappa shape index (κ1) is 11.6. The third-order valence-electron chi connectivity index (χ3n) is 3.06. The molecule has 1 aromatic rings. The van der Waals surface area contributed by atoms with E-state index in [0.717, 1.165) is 18.5 Å². The number of nitrogens with zero attached hydrogens (tertiary/aromatic N) is 3. The first-order valence-electron chi connectivity index (χ1n) is 5.54. The van der Waals surface area contributed by atoms with Crippen LogP contribution in [0.1, 0.15) is 24.5 Å². The molecule has 0 atom stereocenters. The maximum absolute atomic E-state index is 10.8. The van der Waals surface area contributed by atoms with E-state index in [4.69, 9.17) is 9.84 Å². The summed E-state index contributed by atoms with van der Waals surface area (Å²) < 4.78 is 5.05. The fourth-order valence-corrected chi connectivity index (χ4v) is 2.05. The third kappa shape index (κ3) is 2.64. The monoisotopic (exact) mass is 237 g/mol. The molecular weight excluding hydrogens is 222 g/mol. The minimum atomic E-state index is -0.844. The van der Waals surface area contributed by atoms with E-state index in [0.29, 0.717) is 24.9 Å². The highest BCUT2D eigenvalue weighted by Gasteiger charge is 2.24. The largest absolute Gasteiger partial charge is 0.481 e. The molecule has 0 saturated carbocycles. The molecule has 6 heteroatoms. The van der Waals surface area contributed by atoms with Gasteiger partial charge in [-0.25, -0.2) is 14.8 Å². The lowest BCUT2D eigenvalue weighted by Crippen LogP contribution is -2.36. The first-order chi connectivity index (χ1) is 8.20. The number of likely N-dealkylation sites (tertiary alicyclic amines) is 1. The summed E-state index contributed by atoms with van der Waals surface area (Å²) in [5.74, 6) is 0.846. The van der Waals surface area contributed by atoms with Crippen LogP contribution in [0.4, 0.5) is 4.79 Å². The minimum absolute atomic E-state index is 0.294. The number of carbonyl (C=O) groups is 1. The van der Waals surface area contributed by atoms with E-state index in [1.165, 1.54) is 11.2 Å². The van der Waals surface area contributed by atoms with Crippen molar-refractivity contribution in [1.82, 2.24) is 14.9 Å². The second-order valence-electron chi connectivity index (χ2n) is 4.03. The molecule has 0 bridgehead atoms. The van der Waals surface area contributed by atoms with Crippen LogP contribution in [0.5, 0.6) is 5.88 Å². The number of carboxylic acid groups (broad SMARTS) is 1. The minimum Gasteiger partial charge on any atom is -0.481 e. The Morgan fingerprint density at radius 3 is 2.76 bits per heavy atom. The normalized spacial score (nSPS) is 16.9. The molecule has 0 unspecified atom stereocenters. The van der Waals surface area contributed by atoms with Crippen LogP contribution < -0.4 is 4.74 Å². The maximum Gasteiger partial charge on any atom is 0.407 e. The molecular formula is C11H15N3O3. The Morgan fingerprint density at radius 1 is 1.47 bits per heavy atom. The molecule has 1 fully saturated rings. The molecule has 92 valence electrons. The topological polar surface area (TPSA) is 75.5 Å². The van der Waals surface area contributed by atoms with Gasteiger partial charge in [0.1, 0.15) is 6.33 Å². The molecule has 1 aromatic heterocycles. The van der Waals surface area contributed by atoms with Gasteiger partial charge in [-0.15, -0.1) is 0 Å². The number of piperidine rings is 1. The average Bonchev–Trinajstić information content (AvgIpc) is 2.39. The van der Waals surface area contributed by atoms with Crippen LogP contribution in [0.2, 0.25) is 0 Å². The van der Waals surface area contributed by atoms with Crippen LogP contribution in [0, 0.1) is 0 Å². The van der Waals surface area contributed by atoms with Crippen molar-refractivity contribution in [3.63, 3.8) is 0 Å². The zero-order valence-corrected chi connectivity index (χ0v) is 9.67. The predicted octanol–water partition coefficient (Wildman–Crippen LogP) is 1.34. The highest BCUT2D eigenvalue weighted by atomic mass is 16.5. The van der Waals surface area contributed by atoms with Gasteiger partial charge in [-0.2, -0.15) is 0 Å². The van der Waals surface area contributed by atoms with E-state index in [1.807, 2.05) is 6.07 Å². The molecule has 0 aliphatic carbocycles. The van der Waals surface area contributed by atoms with Crippen LogP contribution in [-0.4, -0.2) is 46.3 Å². The summed E-state index contributed by atoms with van der Waals surface area (Å²) in [6.07, 6.45) is 2.24. The van der Waals surface area contributed by atoms with Crippen molar-refractivity contribution in [2.24, 2.45) is 0 Å². The van der Waals surface area contributed by atoms with E-state index < -0.39 is 6.09 Å². The summed E-state index contributed by atoms with van der Waals surface area (Å²) in [6, 6.07) is 1.82. The average molecular weight is 237 g/mol. The summed E-state index contributed by atoms with van der Waals surface area (Å²) in [5, 5.41) is 8.86. The Morgan fingerprint density at radius 2 is 2.18 bits per heavy atom. The number of amides is 1. The van der Waals surface area contributed by atoms with E-state index in [1.54, 1.807) is 7.11 Å². The third-order valence-corrected chi connectivity index (χ3v) is 3.06. The van der Waals surface area contributed by atoms with Gasteiger partial charge in [-0.05, 0) is 12.8 Å². The first-order valence-corrected chi connectivity index (χ1v) is 5.54. The lowest BCUT2D eigenvalue weighted by atomic mass is 9.93.